The van der Waals surface area contributed by atoms with Crippen LogP contribution in [-0.2, 0) is 16.1 Å². The maximum Gasteiger partial charge on any atom is 0.230 e. The average Bonchev–Trinajstić information content (AvgIpc) is 3.36. The number of hydrogen-bond donors (Lipinski definition) is 1. The van der Waals surface area contributed by atoms with E-state index in [0.717, 1.165) is 37.9 Å². The Morgan fingerprint density at radius 2 is 2.31 bits per heavy atom. The molecule has 1 aromatic carbocycles. The topological polar surface area (TPSA) is 81.9 Å². The van der Waals surface area contributed by atoms with Gasteiger partial charge < -0.3 is 10.1 Å². The Morgan fingerprint density at radius 1 is 1.45 bits per heavy atom. The molecule has 1 saturated heterocycles. The Kier molecular flexibility index (Phi) is 8.59. The Hall–Kier alpha value is -1.35. The second-order valence-corrected chi connectivity index (χ2v) is 8.81. The molecule has 0 spiro atoms. The van der Waals surface area contributed by atoms with E-state index in [9.17, 15) is 4.79 Å². The molecule has 2 aromatic rings. The first-order valence-corrected chi connectivity index (χ1v) is 11.5. The van der Waals surface area contributed by atoms with Gasteiger partial charge in [0.15, 0.2) is 0 Å². The predicted molar refractivity (Wildman–Crippen MR) is 115 cm³/mol. The zero-order valence-corrected chi connectivity index (χ0v) is 18.6. The third-order valence-electron chi connectivity index (χ3n) is 4.82. The second kappa shape index (κ2) is 11.2. The monoisotopic (exact) mass is 457 g/mol. The van der Waals surface area contributed by atoms with Crippen LogP contribution < -0.4 is 5.32 Å². The molecule has 1 amide bonds. The van der Waals surface area contributed by atoms with Crippen molar-refractivity contribution >= 4 is 40.9 Å². The summed E-state index contributed by atoms with van der Waals surface area (Å²) in [6.45, 7) is 4.04. The van der Waals surface area contributed by atoms with Gasteiger partial charge in [-0.25, -0.2) is 4.68 Å². The normalized spacial score (nSPS) is 17.4. The van der Waals surface area contributed by atoms with Gasteiger partial charge in [-0.05, 0) is 47.4 Å². The van der Waals surface area contributed by atoms with E-state index in [1.807, 2.05) is 12.1 Å². The van der Waals surface area contributed by atoms with Gasteiger partial charge in [0.25, 0.3) is 0 Å². The Labute approximate surface area is 184 Å². The molecule has 29 heavy (non-hydrogen) atoms. The highest BCUT2D eigenvalue weighted by Gasteiger charge is 2.20. The Balaban J connectivity index is 1.50. The molecule has 0 unspecified atom stereocenters. The van der Waals surface area contributed by atoms with Gasteiger partial charge in [0.2, 0.25) is 11.1 Å². The number of rotatable bonds is 10. The van der Waals surface area contributed by atoms with Crippen LogP contribution in [0.4, 0.5) is 0 Å². The van der Waals surface area contributed by atoms with Crippen LogP contribution in [0.25, 0.3) is 0 Å². The first-order valence-electron chi connectivity index (χ1n) is 9.79. The van der Waals surface area contributed by atoms with Crippen molar-refractivity contribution in [3.63, 3.8) is 0 Å². The van der Waals surface area contributed by atoms with Crippen LogP contribution >= 0.6 is 35.0 Å². The summed E-state index contributed by atoms with van der Waals surface area (Å²) in [4.78, 5) is 12.4. The van der Waals surface area contributed by atoms with Gasteiger partial charge in [0.1, 0.15) is 0 Å². The zero-order valence-electron chi connectivity index (χ0n) is 16.3. The molecule has 158 valence electrons. The van der Waals surface area contributed by atoms with Gasteiger partial charge in [-0.3, -0.25) is 4.79 Å². The van der Waals surface area contributed by atoms with E-state index in [2.05, 4.69) is 27.8 Å². The number of carbonyl (C=O) groups is 1. The fraction of sp³-hybridized carbons (Fsp3) is 0.579. The first-order chi connectivity index (χ1) is 14.1. The summed E-state index contributed by atoms with van der Waals surface area (Å²) in [5, 5.41) is 16.6. The molecule has 0 radical (unpaired) electrons. The molecule has 1 aliphatic rings. The third kappa shape index (κ3) is 6.57. The van der Waals surface area contributed by atoms with Crippen molar-refractivity contribution in [3.8, 4) is 0 Å². The van der Waals surface area contributed by atoms with Crippen LogP contribution in [-0.4, -0.2) is 51.1 Å². The van der Waals surface area contributed by atoms with Gasteiger partial charge in [-0.15, -0.1) is 5.10 Å². The van der Waals surface area contributed by atoms with E-state index in [0.29, 0.717) is 28.3 Å². The molecule has 0 bridgehead atoms. The van der Waals surface area contributed by atoms with Crippen LogP contribution in [0, 0.1) is 0 Å². The lowest BCUT2D eigenvalue weighted by molar-refractivity contribution is -0.118. The fourth-order valence-corrected chi connectivity index (χ4v) is 4.64. The number of aromatic nitrogens is 4. The zero-order chi connectivity index (χ0) is 20.6. The van der Waals surface area contributed by atoms with Crippen molar-refractivity contribution in [2.75, 3.05) is 18.9 Å². The summed E-state index contributed by atoms with van der Waals surface area (Å²) in [5.74, 6) is 0.329. The molecule has 0 saturated carbocycles. The quantitative estimate of drug-likeness (QED) is 0.543. The second-order valence-electron chi connectivity index (χ2n) is 7.02. The van der Waals surface area contributed by atoms with Crippen LogP contribution in [0.3, 0.4) is 0 Å². The minimum atomic E-state index is -0.0622. The summed E-state index contributed by atoms with van der Waals surface area (Å²) in [5.41, 5.74) is 1.01. The lowest BCUT2D eigenvalue weighted by Gasteiger charge is -2.19. The SMILES string of the molecule is CCC[C@@H](CNC(=O)CSc1nnnn1C[C@@H]1CCCO1)c1ccc(Cl)cc1Cl. The van der Waals surface area contributed by atoms with Gasteiger partial charge in [0.05, 0.1) is 18.4 Å². The number of tetrazole rings is 1. The van der Waals surface area contributed by atoms with Crippen molar-refractivity contribution < 1.29 is 9.53 Å². The van der Waals surface area contributed by atoms with Crippen LogP contribution in [0.5, 0.6) is 0 Å². The molecule has 1 fully saturated rings. The fourth-order valence-electron chi connectivity index (χ4n) is 3.36. The van der Waals surface area contributed by atoms with E-state index < -0.39 is 0 Å². The van der Waals surface area contributed by atoms with Gasteiger partial charge in [-0.1, -0.05) is 54.4 Å². The summed E-state index contributed by atoms with van der Waals surface area (Å²) in [7, 11) is 0. The molecule has 2 atom stereocenters. The molecule has 1 N–H and O–H groups in total. The van der Waals surface area contributed by atoms with Gasteiger partial charge in [0, 0.05) is 29.1 Å². The van der Waals surface area contributed by atoms with E-state index in [-0.39, 0.29) is 23.7 Å². The molecule has 10 heteroatoms. The smallest absolute Gasteiger partial charge is 0.230 e. The lowest BCUT2D eigenvalue weighted by atomic mass is 9.94. The molecule has 1 aliphatic heterocycles. The van der Waals surface area contributed by atoms with E-state index in [4.69, 9.17) is 27.9 Å². The number of halogens is 2. The van der Waals surface area contributed by atoms with E-state index >= 15 is 0 Å². The summed E-state index contributed by atoms with van der Waals surface area (Å²) in [6.07, 6.45) is 4.14. The molecule has 2 heterocycles. The molecule has 3 rings (SSSR count). The standard InChI is InChI=1S/C19H25Cl2N5O2S/c1-2-4-13(16-7-6-14(20)9-17(16)21)10-22-18(27)12-29-19-23-24-25-26(19)11-15-5-3-8-28-15/h6-7,9,13,15H,2-5,8,10-12H2,1H3,(H,22,27)/t13-,15-/m0/s1. The minimum Gasteiger partial charge on any atom is -0.376 e. The van der Waals surface area contributed by atoms with Crippen molar-refractivity contribution in [1.29, 1.82) is 0 Å². The molecule has 7 nitrogen and oxygen atoms in total. The number of thioether (sulfide) groups is 1. The number of nitrogens with zero attached hydrogens (tertiary/aromatic N) is 4. The highest BCUT2D eigenvalue weighted by molar-refractivity contribution is 7.99. The number of nitrogens with one attached hydrogen (secondary N) is 1. The Bertz CT molecular complexity index is 814. The number of amides is 1. The molecular weight excluding hydrogens is 433 g/mol. The number of ether oxygens (including phenoxy) is 1. The van der Waals surface area contributed by atoms with Crippen molar-refractivity contribution in [3.05, 3.63) is 33.8 Å². The summed E-state index contributed by atoms with van der Waals surface area (Å²) in [6, 6.07) is 5.51. The van der Waals surface area contributed by atoms with E-state index in [1.165, 1.54) is 11.8 Å². The summed E-state index contributed by atoms with van der Waals surface area (Å²) < 4.78 is 7.34. The highest BCUT2D eigenvalue weighted by atomic mass is 35.5. The van der Waals surface area contributed by atoms with Crippen molar-refractivity contribution in [1.82, 2.24) is 25.5 Å². The minimum absolute atomic E-state index is 0.0622. The first kappa shape index (κ1) is 22.3. The maximum absolute atomic E-state index is 12.4. The summed E-state index contributed by atoms with van der Waals surface area (Å²) >= 11 is 13.7. The highest BCUT2D eigenvalue weighted by Crippen LogP contribution is 2.30. The van der Waals surface area contributed by atoms with Crippen molar-refractivity contribution in [2.45, 2.75) is 56.3 Å². The van der Waals surface area contributed by atoms with Gasteiger partial charge >= 0.3 is 0 Å². The molecular formula is C19H25Cl2N5O2S. The average molecular weight is 458 g/mol. The number of carbonyl (C=O) groups excluding carboxylic acids is 1. The van der Waals surface area contributed by atoms with Gasteiger partial charge in [-0.2, -0.15) is 0 Å². The lowest BCUT2D eigenvalue weighted by Crippen LogP contribution is -2.30. The largest absolute Gasteiger partial charge is 0.376 e. The van der Waals surface area contributed by atoms with Crippen LogP contribution in [0.2, 0.25) is 10.0 Å². The molecule has 1 aromatic heterocycles. The maximum atomic E-state index is 12.4. The molecule has 0 aliphatic carbocycles. The number of benzene rings is 1. The van der Waals surface area contributed by atoms with Crippen molar-refractivity contribution in [2.24, 2.45) is 0 Å². The number of hydrogen-bond acceptors (Lipinski definition) is 6. The predicted octanol–water partition coefficient (Wildman–Crippen LogP) is 3.95. The van der Waals surface area contributed by atoms with Crippen LogP contribution in [0.1, 0.15) is 44.1 Å². The Morgan fingerprint density at radius 3 is 3.03 bits per heavy atom. The third-order valence-corrected chi connectivity index (χ3v) is 6.34. The van der Waals surface area contributed by atoms with Crippen LogP contribution in [0.15, 0.2) is 23.4 Å². The van der Waals surface area contributed by atoms with E-state index in [1.54, 1.807) is 10.7 Å².